The zero-order valence-electron chi connectivity index (χ0n) is 28.1. The highest BCUT2D eigenvalue weighted by molar-refractivity contribution is 5.91. The Balaban J connectivity index is 1.02. The summed E-state index contributed by atoms with van der Waals surface area (Å²) in [5.41, 5.74) is 5.73. The van der Waals surface area contributed by atoms with E-state index in [-0.39, 0.29) is 23.9 Å². The standard InChI is InChI=1S/C36H48N8O4/c1-24-21-27(22-31-32(24)39-23-38-31)25(2)33(34(45)42-14-8-28(9-15-42)41-19-12-37-13-20-41)48-36(47)43-16-10-29(11-17-43)44-18-7-26-5-3-4-6-30(26)40-35(44)46/h3-6,21-23,25,28-29,33,37H,7-20H2,1-2H3,(H,38,39)(H,40,46). The molecule has 3 aromatic rings. The number of aromatic amines is 1. The normalized spacial score (nSPS) is 21.4. The number of ether oxygens (including phenoxy) is 1. The van der Waals surface area contributed by atoms with Crippen LogP contribution in [0.15, 0.2) is 42.7 Å². The second-order valence-electron chi connectivity index (χ2n) is 13.8. The van der Waals surface area contributed by atoms with Crippen molar-refractivity contribution in [1.29, 1.82) is 0 Å². The van der Waals surface area contributed by atoms with Crippen molar-refractivity contribution in [3.63, 3.8) is 0 Å². The topological polar surface area (TPSA) is 126 Å². The third-order valence-electron chi connectivity index (χ3n) is 10.9. The highest BCUT2D eigenvalue weighted by Gasteiger charge is 2.39. The summed E-state index contributed by atoms with van der Waals surface area (Å²) in [5, 5.41) is 6.49. The molecular weight excluding hydrogens is 608 g/mol. The Morgan fingerprint density at radius 3 is 2.40 bits per heavy atom. The summed E-state index contributed by atoms with van der Waals surface area (Å²) in [4.78, 5) is 56.9. The number of hydrogen-bond donors (Lipinski definition) is 3. The van der Waals surface area contributed by atoms with Gasteiger partial charge in [-0.15, -0.1) is 0 Å². The van der Waals surface area contributed by atoms with Gasteiger partial charge in [0.15, 0.2) is 6.10 Å². The number of likely N-dealkylation sites (tertiary alicyclic amines) is 2. The molecule has 2 unspecified atom stereocenters. The van der Waals surface area contributed by atoms with E-state index in [1.165, 1.54) is 0 Å². The first-order valence-corrected chi connectivity index (χ1v) is 17.6. The van der Waals surface area contributed by atoms with Gasteiger partial charge >= 0.3 is 12.1 Å². The van der Waals surface area contributed by atoms with Gasteiger partial charge in [0, 0.05) is 82.6 Å². The maximum Gasteiger partial charge on any atom is 0.410 e. The number of carbonyl (C=O) groups excluding carboxylic acids is 3. The van der Waals surface area contributed by atoms with Crippen LogP contribution in [0.5, 0.6) is 0 Å². The van der Waals surface area contributed by atoms with Crippen LogP contribution in [0.3, 0.4) is 0 Å². The molecule has 12 nitrogen and oxygen atoms in total. The average molecular weight is 657 g/mol. The number of aryl methyl sites for hydroxylation is 1. The van der Waals surface area contributed by atoms with Crippen molar-refractivity contribution in [1.82, 2.24) is 34.9 Å². The molecule has 5 heterocycles. The van der Waals surface area contributed by atoms with E-state index in [0.29, 0.717) is 51.6 Å². The summed E-state index contributed by atoms with van der Waals surface area (Å²) in [6, 6.07) is 12.4. The van der Waals surface area contributed by atoms with Crippen molar-refractivity contribution in [3.05, 3.63) is 59.4 Å². The first kappa shape index (κ1) is 32.4. The molecule has 3 saturated heterocycles. The summed E-state index contributed by atoms with van der Waals surface area (Å²) in [7, 11) is 0. The van der Waals surface area contributed by atoms with Crippen LogP contribution in [0.4, 0.5) is 15.3 Å². The number of urea groups is 1. The molecular formula is C36H48N8O4. The predicted molar refractivity (Wildman–Crippen MR) is 184 cm³/mol. The summed E-state index contributed by atoms with van der Waals surface area (Å²) in [6.07, 6.45) is 4.18. The maximum absolute atomic E-state index is 14.3. The quantitative estimate of drug-likeness (QED) is 0.367. The fraction of sp³-hybridized carbons (Fsp3) is 0.556. The van der Waals surface area contributed by atoms with Crippen molar-refractivity contribution in [2.45, 2.75) is 70.1 Å². The molecule has 0 aliphatic carbocycles. The number of imidazole rings is 1. The van der Waals surface area contributed by atoms with Crippen LogP contribution < -0.4 is 10.6 Å². The number of piperazine rings is 1. The Bertz CT molecular complexity index is 1620. The Kier molecular flexibility index (Phi) is 9.54. The summed E-state index contributed by atoms with van der Waals surface area (Å²) >= 11 is 0. The number of nitrogens with one attached hydrogen (secondary N) is 3. The van der Waals surface area contributed by atoms with Crippen LogP contribution in [0.25, 0.3) is 11.0 Å². The number of H-pyrrole nitrogens is 1. The van der Waals surface area contributed by atoms with E-state index >= 15 is 0 Å². The number of para-hydroxylation sites is 1. The molecule has 4 aliphatic rings. The van der Waals surface area contributed by atoms with E-state index in [4.69, 9.17) is 4.74 Å². The van der Waals surface area contributed by atoms with E-state index in [2.05, 4.69) is 37.6 Å². The van der Waals surface area contributed by atoms with Crippen molar-refractivity contribution >= 4 is 34.8 Å². The second kappa shape index (κ2) is 14.1. The molecule has 12 heteroatoms. The molecule has 2 aromatic carbocycles. The molecule has 3 N–H and O–H groups in total. The lowest BCUT2D eigenvalue weighted by molar-refractivity contribution is -0.143. The van der Waals surface area contributed by atoms with E-state index in [1.807, 2.05) is 47.9 Å². The number of benzene rings is 2. The minimum Gasteiger partial charge on any atom is -0.435 e. The van der Waals surface area contributed by atoms with E-state index < -0.39 is 12.2 Å². The van der Waals surface area contributed by atoms with E-state index in [0.717, 1.165) is 78.9 Å². The van der Waals surface area contributed by atoms with Crippen LogP contribution >= 0.6 is 0 Å². The lowest BCUT2D eigenvalue weighted by atomic mass is 9.91. The van der Waals surface area contributed by atoms with Crippen LogP contribution in [0, 0.1) is 6.92 Å². The number of amides is 4. The average Bonchev–Trinajstić information content (AvgIpc) is 3.54. The Morgan fingerprint density at radius 1 is 0.917 bits per heavy atom. The number of hydrogen-bond acceptors (Lipinski definition) is 7. The van der Waals surface area contributed by atoms with Gasteiger partial charge in [0.25, 0.3) is 5.91 Å². The third-order valence-corrected chi connectivity index (χ3v) is 10.9. The molecule has 3 fully saturated rings. The minimum atomic E-state index is -0.958. The Labute approximate surface area is 282 Å². The van der Waals surface area contributed by atoms with Gasteiger partial charge in [-0.05, 0) is 67.9 Å². The molecule has 4 amide bonds. The van der Waals surface area contributed by atoms with Crippen molar-refractivity contribution in [2.75, 3.05) is 64.2 Å². The van der Waals surface area contributed by atoms with E-state index in [9.17, 15) is 14.4 Å². The number of carbonyl (C=O) groups is 3. The van der Waals surface area contributed by atoms with Crippen molar-refractivity contribution < 1.29 is 19.1 Å². The monoisotopic (exact) mass is 656 g/mol. The van der Waals surface area contributed by atoms with Gasteiger partial charge in [-0.2, -0.15) is 0 Å². The zero-order chi connectivity index (χ0) is 33.2. The SMILES string of the molecule is Cc1cc(C(C)C(OC(=O)N2CCC(N3CCc4ccccc4NC3=O)CC2)C(=O)N2CCC(N3CCNCC3)CC2)cc2[nH]cnc12. The molecule has 2 atom stereocenters. The molecule has 7 rings (SSSR count). The molecule has 0 spiro atoms. The number of fused-ring (bicyclic) bond motifs is 2. The molecule has 1 aromatic heterocycles. The van der Waals surface area contributed by atoms with Crippen molar-refractivity contribution in [3.8, 4) is 0 Å². The molecule has 4 aliphatic heterocycles. The number of rotatable bonds is 6. The first-order valence-electron chi connectivity index (χ1n) is 17.6. The third kappa shape index (κ3) is 6.73. The fourth-order valence-corrected chi connectivity index (χ4v) is 8.02. The van der Waals surface area contributed by atoms with Gasteiger partial charge in [-0.25, -0.2) is 14.6 Å². The first-order chi connectivity index (χ1) is 23.4. The fourth-order valence-electron chi connectivity index (χ4n) is 8.02. The van der Waals surface area contributed by atoms with Gasteiger partial charge in [0.2, 0.25) is 0 Å². The molecule has 0 saturated carbocycles. The van der Waals surface area contributed by atoms with E-state index in [1.54, 1.807) is 11.2 Å². The minimum absolute atomic E-state index is 0.0285. The Morgan fingerprint density at radius 2 is 1.62 bits per heavy atom. The molecule has 48 heavy (non-hydrogen) atoms. The van der Waals surface area contributed by atoms with Gasteiger partial charge in [-0.3, -0.25) is 9.69 Å². The highest BCUT2D eigenvalue weighted by atomic mass is 16.6. The largest absolute Gasteiger partial charge is 0.435 e. The Hall–Kier alpha value is -4.16. The zero-order valence-corrected chi connectivity index (χ0v) is 28.1. The van der Waals surface area contributed by atoms with Gasteiger partial charge in [0.05, 0.1) is 17.4 Å². The summed E-state index contributed by atoms with van der Waals surface area (Å²) in [6.45, 7) is 10.9. The van der Waals surface area contributed by atoms with Crippen LogP contribution in [-0.2, 0) is 16.0 Å². The predicted octanol–water partition coefficient (Wildman–Crippen LogP) is 3.93. The van der Waals surface area contributed by atoms with Crippen molar-refractivity contribution in [2.24, 2.45) is 0 Å². The smallest absolute Gasteiger partial charge is 0.410 e. The number of nitrogens with zero attached hydrogens (tertiary/aromatic N) is 5. The highest BCUT2D eigenvalue weighted by Crippen LogP contribution is 2.30. The lowest BCUT2D eigenvalue weighted by Gasteiger charge is -2.41. The van der Waals surface area contributed by atoms with Crippen LogP contribution in [0.1, 0.15) is 55.2 Å². The van der Waals surface area contributed by atoms with Gasteiger partial charge in [-0.1, -0.05) is 31.2 Å². The number of anilines is 1. The maximum atomic E-state index is 14.3. The lowest BCUT2D eigenvalue weighted by Crippen LogP contribution is -2.55. The second-order valence-corrected chi connectivity index (χ2v) is 13.8. The summed E-state index contributed by atoms with van der Waals surface area (Å²) < 4.78 is 6.22. The van der Waals surface area contributed by atoms with Crippen LogP contribution in [0.2, 0.25) is 0 Å². The van der Waals surface area contributed by atoms with Gasteiger partial charge in [0.1, 0.15) is 0 Å². The number of aromatic nitrogens is 2. The molecule has 256 valence electrons. The summed E-state index contributed by atoms with van der Waals surface area (Å²) in [5.74, 6) is -0.494. The van der Waals surface area contributed by atoms with Crippen LogP contribution in [-0.4, -0.2) is 125 Å². The number of piperidine rings is 2. The molecule has 0 radical (unpaired) electrons. The molecule has 0 bridgehead atoms. The van der Waals surface area contributed by atoms with Gasteiger partial charge < -0.3 is 35.1 Å².